The molecule has 2 rings (SSSR count). The zero-order valence-corrected chi connectivity index (χ0v) is 8.93. The van der Waals surface area contributed by atoms with Gasteiger partial charge < -0.3 is 4.74 Å². The zero-order valence-electron chi connectivity index (χ0n) is 7.42. The molecule has 0 aliphatic heterocycles. The van der Waals surface area contributed by atoms with E-state index in [1.165, 1.54) is 0 Å². The molecular weight excluding hydrogens is 221 g/mol. The van der Waals surface area contributed by atoms with Crippen LogP contribution < -0.4 is 4.74 Å². The van der Waals surface area contributed by atoms with Crippen molar-refractivity contribution in [1.82, 2.24) is 4.98 Å². The summed E-state index contributed by atoms with van der Waals surface area (Å²) < 4.78 is 5.11. The molecule has 0 bridgehead atoms. The van der Waals surface area contributed by atoms with Crippen LogP contribution in [0.1, 0.15) is 0 Å². The minimum absolute atomic E-state index is 0.557. The van der Waals surface area contributed by atoms with Crippen LogP contribution in [0.3, 0.4) is 0 Å². The Morgan fingerprint density at radius 3 is 2.71 bits per heavy atom. The van der Waals surface area contributed by atoms with Crippen molar-refractivity contribution in [3.8, 4) is 5.88 Å². The molecule has 0 amide bonds. The molecule has 1 aromatic carbocycles. The summed E-state index contributed by atoms with van der Waals surface area (Å²) in [5, 5.41) is 2.94. The lowest BCUT2D eigenvalue weighted by molar-refractivity contribution is 0.403. The number of halogens is 2. The lowest BCUT2D eigenvalue weighted by atomic mass is 10.2. The highest BCUT2D eigenvalue weighted by atomic mass is 35.5. The first-order valence-corrected chi connectivity index (χ1v) is 4.75. The van der Waals surface area contributed by atoms with Gasteiger partial charge in [-0.2, -0.15) is 0 Å². The van der Waals surface area contributed by atoms with E-state index in [1.54, 1.807) is 25.4 Å². The van der Waals surface area contributed by atoms with Gasteiger partial charge in [0.25, 0.3) is 0 Å². The maximum Gasteiger partial charge on any atom is 0.221 e. The number of ether oxygens (including phenoxy) is 1. The summed E-state index contributed by atoms with van der Waals surface area (Å²) in [5.41, 5.74) is 0. The van der Waals surface area contributed by atoms with Gasteiger partial charge in [-0.3, -0.25) is 0 Å². The second-order valence-electron chi connectivity index (χ2n) is 2.81. The minimum Gasteiger partial charge on any atom is -0.481 e. The van der Waals surface area contributed by atoms with Crippen molar-refractivity contribution in [1.29, 1.82) is 0 Å². The van der Waals surface area contributed by atoms with Crippen LogP contribution in [0.25, 0.3) is 10.8 Å². The molecule has 0 fully saturated rings. The number of methoxy groups -OCH3 is 1. The normalized spacial score (nSPS) is 10.5. The second kappa shape index (κ2) is 3.64. The fourth-order valence-electron chi connectivity index (χ4n) is 1.32. The molecule has 0 aliphatic rings. The van der Waals surface area contributed by atoms with Crippen molar-refractivity contribution in [2.45, 2.75) is 0 Å². The highest BCUT2D eigenvalue weighted by Crippen LogP contribution is 2.30. The van der Waals surface area contributed by atoms with Gasteiger partial charge in [-0.05, 0) is 18.2 Å². The van der Waals surface area contributed by atoms with Gasteiger partial charge in [-0.15, -0.1) is 0 Å². The van der Waals surface area contributed by atoms with E-state index >= 15 is 0 Å². The largest absolute Gasteiger partial charge is 0.481 e. The lowest BCUT2D eigenvalue weighted by Gasteiger charge is -2.05. The Balaban J connectivity index is 2.84. The van der Waals surface area contributed by atoms with Crippen molar-refractivity contribution < 1.29 is 4.74 Å². The molecule has 0 N–H and O–H groups in total. The van der Waals surface area contributed by atoms with E-state index in [9.17, 15) is 0 Å². The standard InChI is InChI=1S/C10H7Cl2NO/c1-14-10-7-3-2-6(11)4-8(7)9(12)5-13-10/h2-5H,1H3. The number of hydrogen-bond donors (Lipinski definition) is 0. The molecular formula is C10H7Cl2NO. The van der Waals surface area contributed by atoms with Crippen LogP contribution in [0.2, 0.25) is 10.0 Å². The van der Waals surface area contributed by atoms with E-state index in [2.05, 4.69) is 4.98 Å². The van der Waals surface area contributed by atoms with Crippen LogP contribution in [0.5, 0.6) is 5.88 Å². The molecule has 1 aromatic heterocycles. The first kappa shape index (κ1) is 9.56. The van der Waals surface area contributed by atoms with E-state index in [-0.39, 0.29) is 0 Å². The number of hydrogen-bond acceptors (Lipinski definition) is 2. The molecule has 2 nitrogen and oxygen atoms in total. The quantitative estimate of drug-likeness (QED) is 0.744. The number of rotatable bonds is 1. The van der Waals surface area contributed by atoms with Gasteiger partial charge in [-0.1, -0.05) is 23.2 Å². The smallest absolute Gasteiger partial charge is 0.221 e. The van der Waals surface area contributed by atoms with Crippen molar-refractivity contribution >= 4 is 34.0 Å². The maximum absolute atomic E-state index is 5.98. The summed E-state index contributed by atoms with van der Waals surface area (Å²) >= 11 is 11.8. The Morgan fingerprint density at radius 2 is 2.00 bits per heavy atom. The van der Waals surface area contributed by atoms with Gasteiger partial charge in [0.05, 0.1) is 18.3 Å². The number of aromatic nitrogens is 1. The predicted molar refractivity (Wildman–Crippen MR) is 58.3 cm³/mol. The second-order valence-corrected chi connectivity index (χ2v) is 3.65. The van der Waals surface area contributed by atoms with Gasteiger partial charge in [0.1, 0.15) is 0 Å². The van der Waals surface area contributed by atoms with Gasteiger partial charge in [-0.25, -0.2) is 4.98 Å². The van der Waals surface area contributed by atoms with E-state index in [1.807, 2.05) is 6.07 Å². The highest BCUT2D eigenvalue weighted by Gasteiger charge is 2.06. The lowest BCUT2D eigenvalue weighted by Crippen LogP contribution is -1.89. The molecule has 14 heavy (non-hydrogen) atoms. The third-order valence-corrected chi connectivity index (χ3v) is 2.49. The van der Waals surface area contributed by atoms with Crippen LogP contribution in [0, 0.1) is 0 Å². The van der Waals surface area contributed by atoms with Gasteiger partial charge in [0, 0.05) is 15.8 Å². The average Bonchev–Trinajstić information content (AvgIpc) is 2.19. The molecule has 0 unspecified atom stereocenters. The molecule has 0 radical (unpaired) electrons. The van der Waals surface area contributed by atoms with Gasteiger partial charge in [0.15, 0.2) is 0 Å². The van der Waals surface area contributed by atoms with E-state index in [0.29, 0.717) is 15.9 Å². The number of pyridine rings is 1. The summed E-state index contributed by atoms with van der Waals surface area (Å²) in [6.45, 7) is 0. The third-order valence-electron chi connectivity index (χ3n) is 1.96. The van der Waals surface area contributed by atoms with Crippen LogP contribution in [-0.4, -0.2) is 12.1 Å². The summed E-state index contributed by atoms with van der Waals surface area (Å²) in [7, 11) is 1.57. The minimum atomic E-state index is 0.557. The van der Waals surface area contributed by atoms with Crippen LogP contribution in [-0.2, 0) is 0 Å². The molecule has 1 heterocycles. The molecule has 0 atom stereocenters. The monoisotopic (exact) mass is 227 g/mol. The molecule has 4 heteroatoms. The first-order valence-electron chi connectivity index (χ1n) is 4.00. The summed E-state index contributed by atoms with van der Waals surface area (Å²) in [5.74, 6) is 0.557. The first-order chi connectivity index (χ1) is 6.72. The molecule has 0 aliphatic carbocycles. The van der Waals surface area contributed by atoms with Crippen molar-refractivity contribution in [2.75, 3.05) is 7.11 Å². The number of fused-ring (bicyclic) bond motifs is 1. The molecule has 72 valence electrons. The summed E-state index contributed by atoms with van der Waals surface area (Å²) in [4.78, 5) is 4.06. The van der Waals surface area contributed by atoms with Crippen molar-refractivity contribution in [3.63, 3.8) is 0 Å². The summed E-state index contributed by atoms with van der Waals surface area (Å²) in [6.07, 6.45) is 1.55. The zero-order chi connectivity index (χ0) is 10.1. The van der Waals surface area contributed by atoms with E-state index in [0.717, 1.165) is 10.8 Å². The predicted octanol–water partition coefficient (Wildman–Crippen LogP) is 3.55. The topological polar surface area (TPSA) is 22.1 Å². The Kier molecular flexibility index (Phi) is 2.48. The summed E-state index contributed by atoms with van der Waals surface area (Å²) in [6, 6.07) is 5.42. The maximum atomic E-state index is 5.98. The van der Waals surface area contributed by atoms with Crippen LogP contribution in [0.4, 0.5) is 0 Å². The molecule has 0 spiro atoms. The molecule has 0 saturated carbocycles. The Morgan fingerprint density at radius 1 is 1.21 bits per heavy atom. The van der Waals surface area contributed by atoms with Crippen LogP contribution in [0.15, 0.2) is 24.4 Å². The third kappa shape index (κ3) is 1.51. The molecule has 0 saturated heterocycles. The average molecular weight is 228 g/mol. The Labute approximate surface area is 91.4 Å². The van der Waals surface area contributed by atoms with E-state index < -0.39 is 0 Å². The Bertz CT molecular complexity index is 485. The highest BCUT2D eigenvalue weighted by molar-refractivity contribution is 6.37. The molecule has 2 aromatic rings. The van der Waals surface area contributed by atoms with E-state index in [4.69, 9.17) is 27.9 Å². The van der Waals surface area contributed by atoms with Gasteiger partial charge >= 0.3 is 0 Å². The number of nitrogens with zero attached hydrogens (tertiary/aromatic N) is 1. The van der Waals surface area contributed by atoms with Crippen molar-refractivity contribution in [2.24, 2.45) is 0 Å². The SMILES string of the molecule is COc1ncc(Cl)c2cc(Cl)ccc12. The Hall–Kier alpha value is -0.990. The fraction of sp³-hybridized carbons (Fsp3) is 0.100. The number of benzene rings is 1. The fourth-order valence-corrected chi connectivity index (χ4v) is 1.69. The van der Waals surface area contributed by atoms with Crippen LogP contribution >= 0.6 is 23.2 Å². The van der Waals surface area contributed by atoms with Crippen molar-refractivity contribution in [3.05, 3.63) is 34.4 Å². The van der Waals surface area contributed by atoms with Gasteiger partial charge in [0.2, 0.25) is 5.88 Å².